The fourth-order valence-corrected chi connectivity index (χ4v) is 1.86. The molecule has 0 spiro atoms. The van der Waals surface area contributed by atoms with Gasteiger partial charge in [0.15, 0.2) is 0 Å². The molecule has 0 saturated heterocycles. The van der Waals surface area contributed by atoms with E-state index in [1.807, 2.05) is 30.3 Å². The summed E-state index contributed by atoms with van der Waals surface area (Å²) in [5.41, 5.74) is 1.06. The van der Waals surface area contributed by atoms with Crippen molar-refractivity contribution in [3.05, 3.63) is 35.9 Å². The van der Waals surface area contributed by atoms with Crippen LogP contribution in [0.1, 0.15) is 44.1 Å². The molecule has 1 aromatic carbocycles. The molecule has 0 aliphatic rings. The first-order chi connectivity index (χ1) is 8.68. The summed E-state index contributed by atoms with van der Waals surface area (Å²) >= 11 is 0. The molecule has 0 bridgehead atoms. The maximum Gasteiger partial charge on any atom is 0.303 e. The molecule has 0 saturated carbocycles. The van der Waals surface area contributed by atoms with Gasteiger partial charge in [-0.3, -0.25) is 9.59 Å². The largest absolute Gasteiger partial charge is 0.481 e. The highest BCUT2D eigenvalue weighted by atomic mass is 16.4. The van der Waals surface area contributed by atoms with Crippen molar-refractivity contribution in [1.82, 2.24) is 0 Å². The molecule has 98 valence electrons. The number of carbonyl (C=O) groups excluding carboxylic acids is 1. The zero-order valence-corrected chi connectivity index (χ0v) is 10.6. The standard InChI is InChI=1S/C15H20O3/c16-14(12-13-8-4-3-5-9-13)10-6-1-2-7-11-15(17)18/h3-5,8-9H,1-2,6-7,10-12H2,(H,17,18). The lowest BCUT2D eigenvalue weighted by Crippen LogP contribution is -2.02. The molecule has 0 aliphatic heterocycles. The number of rotatable bonds is 9. The van der Waals surface area contributed by atoms with E-state index in [1.54, 1.807) is 0 Å². The van der Waals surface area contributed by atoms with Gasteiger partial charge in [0.25, 0.3) is 0 Å². The molecular weight excluding hydrogens is 228 g/mol. The minimum absolute atomic E-state index is 0.234. The van der Waals surface area contributed by atoms with E-state index in [-0.39, 0.29) is 12.2 Å². The summed E-state index contributed by atoms with van der Waals surface area (Å²) in [5, 5.41) is 8.47. The van der Waals surface area contributed by atoms with E-state index >= 15 is 0 Å². The van der Waals surface area contributed by atoms with Crippen molar-refractivity contribution in [2.24, 2.45) is 0 Å². The van der Waals surface area contributed by atoms with E-state index in [0.29, 0.717) is 19.3 Å². The molecular formula is C15H20O3. The topological polar surface area (TPSA) is 54.4 Å². The van der Waals surface area contributed by atoms with Gasteiger partial charge in [0.05, 0.1) is 0 Å². The maximum absolute atomic E-state index is 11.7. The maximum atomic E-state index is 11.7. The van der Waals surface area contributed by atoms with E-state index in [0.717, 1.165) is 24.8 Å². The summed E-state index contributed by atoms with van der Waals surface area (Å²) in [6.45, 7) is 0. The van der Waals surface area contributed by atoms with Crippen molar-refractivity contribution in [2.45, 2.75) is 44.9 Å². The Balaban J connectivity index is 2.05. The number of carboxylic acids is 1. The highest BCUT2D eigenvalue weighted by molar-refractivity contribution is 5.80. The fourth-order valence-electron chi connectivity index (χ4n) is 1.86. The summed E-state index contributed by atoms with van der Waals surface area (Å²) in [6, 6.07) is 9.75. The van der Waals surface area contributed by atoms with Gasteiger partial charge in [0, 0.05) is 19.3 Å². The molecule has 0 unspecified atom stereocenters. The SMILES string of the molecule is O=C(O)CCCCCCC(=O)Cc1ccccc1. The Hall–Kier alpha value is -1.64. The lowest BCUT2D eigenvalue weighted by Gasteiger charge is -2.01. The zero-order chi connectivity index (χ0) is 13.2. The van der Waals surface area contributed by atoms with Gasteiger partial charge in [-0.25, -0.2) is 0 Å². The van der Waals surface area contributed by atoms with Crippen molar-refractivity contribution in [3.63, 3.8) is 0 Å². The Morgan fingerprint density at radius 2 is 1.50 bits per heavy atom. The van der Waals surface area contributed by atoms with Crippen LogP contribution < -0.4 is 0 Å². The average molecular weight is 248 g/mol. The van der Waals surface area contributed by atoms with E-state index < -0.39 is 5.97 Å². The molecule has 1 rings (SSSR count). The summed E-state index contributed by atoms with van der Waals surface area (Å²) < 4.78 is 0. The molecule has 0 fully saturated rings. The summed E-state index contributed by atoms with van der Waals surface area (Å²) in [5.74, 6) is -0.477. The molecule has 0 radical (unpaired) electrons. The van der Waals surface area contributed by atoms with Crippen LogP contribution in [0.3, 0.4) is 0 Å². The second-order valence-electron chi connectivity index (χ2n) is 4.51. The predicted molar refractivity (Wildman–Crippen MR) is 70.5 cm³/mol. The average Bonchev–Trinajstić information content (AvgIpc) is 2.34. The first-order valence-electron chi connectivity index (χ1n) is 6.46. The second kappa shape index (κ2) is 8.45. The summed E-state index contributed by atoms with van der Waals surface area (Å²) in [7, 11) is 0. The van der Waals surface area contributed by atoms with E-state index in [4.69, 9.17) is 5.11 Å². The lowest BCUT2D eigenvalue weighted by atomic mass is 10.0. The van der Waals surface area contributed by atoms with Crippen LogP contribution >= 0.6 is 0 Å². The predicted octanol–water partition coefficient (Wildman–Crippen LogP) is 3.22. The summed E-state index contributed by atoms with van der Waals surface area (Å²) in [6.07, 6.45) is 4.75. The van der Waals surface area contributed by atoms with Gasteiger partial charge < -0.3 is 5.11 Å². The molecule has 0 atom stereocenters. The number of unbranched alkanes of at least 4 members (excludes halogenated alkanes) is 3. The van der Waals surface area contributed by atoms with Crippen LogP contribution in [0.25, 0.3) is 0 Å². The van der Waals surface area contributed by atoms with Crippen LogP contribution in [-0.4, -0.2) is 16.9 Å². The monoisotopic (exact) mass is 248 g/mol. The molecule has 1 N–H and O–H groups in total. The lowest BCUT2D eigenvalue weighted by molar-refractivity contribution is -0.137. The Morgan fingerprint density at radius 1 is 0.889 bits per heavy atom. The Labute approximate surface area is 108 Å². The van der Waals surface area contributed by atoms with Gasteiger partial charge in [0.1, 0.15) is 5.78 Å². The van der Waals surface area contributed by atoms with Crippen LogP contribution in [-0.2, 0) is 16.0 Å². The summed E-state index contributed by atoms with van der Waals surface area (Å²) in [4.78, 5) is 21.9. The number of hydrogen-bond acceptors (Lipinski definition) is 2. The van der Waals surface area contributed by atoms with Crippen LogP contribution in [0.15, 0.2) is 30.3 Å². The quantitative estimate of drug-likeness (QED) is 0.683. The normalized spacial score (nSPS) is 10.2. The van der Waals surface area contributed by atoms with Crippen LogP contribution in [0.4, 0.5) is 0 Å². The van der Waals surface area contributed by atoms with E-state index in [2.05, 4.69) is 0 Å². The molecule has 0 heterocycles. The molecule has 0 aromatic heterocycles. The van der Waals surface area contributed by atoms with Crippen LogP contribution in [0.5, 0.6) is 0 Å². The number of hydrogen-bond donors (Lipinski definition) is 1. The van der Waals surface area contributed by atoms with Gasteiger partial charge in [-0.05, 0) is 18.4 Å². The molecule has 0 aliphatic carbocycles. The van der Waals surface area contributed by atoms with Crippen LogP contribution in [0.2, 0.25) is 0 Å². The van der Waals surface area contributed by atoms with Crippen molar-refractivity contribution < 1.29 is 14.7 Å². The van der Waals surface area contributed by atoms with Gasteiger partial charge in [0.2, 0.25) is 0 Å². The highest BCUT2D eigenvalue weighted by Gasteiger charge is 2.03. The van der Waals surface area contributed by atoms with Crippen molar-refractivity contribution in [2.75, 3.05) is 0 Å². The minimum Gasteiger partial charge on any atom is -0.481 e. The first-order valence-corrected chi connectivity index (χ1v) is 6.46. The smallest absolute Gasteiger partial charge is 0.303 e. The molecule has 1 aromatic rings. The van der Waals surface area contributed by atoms with Gasteiger partial charge >= 0.3 is 5.97 Å². The number of ketones is 1. The van der Waals surface area contributed by atoms with E-state index in [9.17, 15) is 9.59 Å². The third-order valence-electron chi connectivity index (χ3n) is 2.84. The van der Waals surface area contributed by atoms with Crippen LogP contribution in [0, 0.1) is 0 Å². The Bertz CT molecular complexity index is 371. The Morgan fingerprint density at radius 3 is 2.11 bits per heavy atom. The number of carbonyl (C=O) groups is 2. The fraction of sp³-hybridized carbons (Fsp3) is 0.467. The molecule has 3 nitrogen and oxygen atoms in total. The number of aliphatic carboxylic acids is 1. The third kappa shape index (κ3) is 6.84. The van der Waals surface area contributed by atoms with Gasteiger partial charge in [-0.2, -0.15) is 0 Å². The third-order valence-corrected chi connectivity index (χ3v) is 2.84. The second-order valence-corrected chi connectivity index (χ2v) is 4.51. The zero-order valence-electron chi connectivity index (χ0n) is 10.6. The first kappa shape index (κ1) is 14.4. The van der Waals surface area contributed by atoms with Gasteiger partial charge in [-0.1, -0.05) is 43.2 Å². The van der Waals surface area contributed by atoms with Gasteiger partial charge in [-0.15, -0.1) is 0 Å². The Kier molecular flexibility index (Phi) is 6.77. The number of benzene rings is 1. The van der Waals surface area contributed by atoms with E-state index in [1.165, 1.54) is 0 Å². The minimum atomic E-state index is -0.741. The molecule has 3 heteroatoms. The highest BCUT2D eigenvalue weighted by Crippen LogP contribution is 2.08. The van der Waals surface area contributed by atoms with Crippen molar-refractivity contribution >= 4 is 11.8 Å². The van der Waals surface area contributed by atoms with Crippen molar-refractivity contribution in [3.8, 4) is 0 Å². The molecule has 18 heavy (non-hydrogen) atoms. The van der Waals surface area contributed by atoms with Crippen molar-refractivity contribution in [1.29, 1.82) is 0 Å². The number of carboxylic acid groups (broad SMARTS) is 1. The molecule has 0 amide bonds. The number of Topliss-reactive ketones (excluding diaryl/α,β-unsaturated/α-hetero) is 1.